The molecule has 0 unspecified atom stereocenters. The van der Waals surface area contributed by atoms with E-state index in [1.807, 2.05) is 0 Å². The maximum atomic E-state index is 11.9. The standard InChI is InChI=1S/C9H7BrF2O3/c1-14-8(13)5-2-6(10)4-7(3-5)15-9(11)12/h2-4,9H,1H3. The fraction of sp³-hybridized carbons (Fsp3) is 0.222. The number of hydrogen-bond donors (Lipinski definition) is 0. The Morgan fingerprint density at radius 2 is 2.07 bits per heavy atom. The van der Waals surface area contributed by atoms with Crippen LogP contribution in [0.3, 0.4) is 0 Å². The van der Waals surface area contributed by atoms with E-state index in [1.165, 1.54) is 25.3 Å². The van der Waals surface area contributed by atoms with Crippen LogP contribution in [-0.4, -0.2) is 19.7 Å². The summed E-state index contributed by atoms with van der Waals surface area (Å²) in [5.74, 6) is -0.713. The minimum atomic E-state index is -2.93. The molecule has 15 heavy (non-hydrogen) atoms. The Balaban J connectivity index is 2.99. The molecule has 0 N–H and O–H groups in total. The number of carbonyl (C=O) groups is 1. The van der Waals surface area contributed by atoms with Crippen molar-refractivity contribution in [1.82, 2.24) is 0 Å². The second-order valence-corrected chi connectivity index (χ2v) is 3.46. The van der Waals surface area contributed by atoms with E-state index in [0.29, 0.717) is 4.47 Å². The van der Waals surface area contributed by atoms with Crippen LogP contribution in [0, 0.1) is 0 Å². The van der Waals surface area contributed by atoms with Gasteiger partial charge in [-0.1, -0.05) is 15.9 Å². The molecule has 1 rings (SSSR count). The molecule has 0 aliphatic rings. The first kappa shape index (κ1) is 11.9. The molecule has 0 saturated heterocycles. The topological polar surface area (TPSA) is 35.5 Å². The molecule has 0 amide bonds. The van der Waals surface area contributed by atoms with Gasteiger partial charge in [-0.2, -0.15) is 8.78 Å². The van der Waals surface area contributed by atoms with Crippen LogP contribution in [0.15, 0.2) is 22.7 Å². The van der Waals surface area contributed by atoms with Gasteiger partial charge in [-0.3, -0.25) is 0 Å². The van der Waals surface area contributed by atoms with Crippen LogP contribution in [0.5, 0.6) is 5.75 Å². The summed E-state index contributed by atoms with van der Waals surface area (Å²) in [7, 11) is 1.21. The molecule has 0 saturated carbocycles. The Labute approximate surface area is 93.1 Å². The maximum Gasteiger partial charge on any atom is 0.387 e. The third-order valence-corrected chi connectivity index (χ3v) is 1.98. The summed E-state index contributed by atoms with van der Waals surface area (Å²) in [6.07, 6.45) is 0. The Hall–Kier alpha value is -1.17. The van der Waals surface area contributed by atoms with E-state index in [2.05, 4.69) is 25.4 Å². The predicted octanol–water partition coefficient (Wildman–Crippen LogP) is 2.84. The van der Waals surface area contributed by atoms with E-state index in [9.17, 15) is 13.6 Å². The highest BCUT2D eigenvalue weighted by atomic mass is 79.9. The number of esters is 1. The van der Waals surface area contributed by atoms with Gasteiger partial charge in [-0.15, -0.1) is 0 Å². The number of hydrogen-bond acceptors (Lipinski definition) is 3. The molecule has 0 bridgehead atoms. The van der Waals surface area contributed by atoms with Crippen molar-refractivity contribution in [3.05, 3.63) is 28.2 Å². The number of carbonyl (C=O) groups excluding carboxylic acids is 1. The first-order chi connectivity index (χ1) is 7.02. The first-order valence-electron chi connectivity index (χ1n) is 3.86. The van der Waals surface area contributed by atoms with Gasteiger partial charge in [0.2, 0.25) is 0 Å². The van der Waals surface area contributed by atoms with Crippen LogP contribution in [-0.2, 0) is 4.74 Å². The van der Waals surface area contributed by atoms with Crippen LogP contribution < -0.4 is 4.74 Å². The van der Waals surface area contributed by atoms with Crippen molar-refractivity contribution in [2.45, 2.75) is 6.61 Å². The van der Waals surface area contributed by atoms with Gasteiger partial charge in [0.1, 0.15) is 5.75 Å². The van der Waals surface area contributed by atoms with Gasteiger partial charge in [0.05, 0.1) is 12.7 Å². The molecular weight excluding hydrogens is 274 g/mol. The van der Waals surface area contributed by atoms with Crippen molar-refractivity contribution < 1.29 is 23.0 Å². The predicted molar refractivity (Wildman–Crippen MR) is 52.1 cm³/mol. The van der Waals surface area contributed by atoms with Crippen molar-refractivity contribution >= 4 is 21.9 Å². The van der Waals surface area contributed by atoms with E-state index < -0.39 is 12.6 Å². The van der Waals surface area contributed by atoms with E-state index in [-0.39, 0.29) is 11.3 Å². The smallest absolute Gasteiger partial charge is 0.387 e. The minimum absolute atomic E-state index is 0.0974. The lowest BCUT2D eigenvalue weighted by Crippen LogP contribution is -2.05. The van der Waals surface area contributed by atoms with Gasteiger partial charge in [-0.25, -0.2) is 4.79 Å². The highest BCUT2D eigenvalue weighted by Crippen LogP contribution is 2.23. The summed E-state index contributed by atoms with van der Waals surface area (Å²) in [6.45, 7) is -2.93. The van der Waals surface area contributed by atoms with Gasteiger partial charge < -0.3 is 9.47 Å². The summed E-state index contributed by atoms with van der Waals surface area (Å²) in [5, 5.41) is 0. The Bertz CT molecular complexity index is 368. The van der Waals surface area contributed by atoms with Gasteiger partial charge in [-0.05, 0) is 18.2 Å². The van der Waals surface area contributed by atoms with Crippen molar-refractivity contribution in [1.29, 1.82) is 0 Å². The highest BCUT2D eigenvalue weighted by Gasteiger charge is 2.11. The average molecular weight is 281 g/mol. The van der Waals surface area contributed by atoms with E-state index in [1.54, 1.807) is 0 Å². The lowest BCUT2D eigenvalue weighted by molar-refractivity contribution is -0.0499. The molecule has 6 heteroatoms. The maximum absolute atomic E-state index is 11.9. The normalized spacial score (nSPS) is 10.2. The first-order valence-corrected chi connectivity index (χ1v) is 4.66. The summed E-state index contributed by atoms with van der Waals surface area (Å²) in [6, 6.07) is 3.96. The molecule has 0 atom stereocenters. The monoisotopic (exact) mass is 280 g/mol. The lowest BCUT2D eigenvalue weighted by Gasteiger charge is -2.06. The number of rotatable bonds is 3. The quantitative estimate of drug-likeness (QED) is 0.799. The third-order valence-electron chi connectivity index (χ3n) is 1.52. The number of ether oxygens (including phenoxy) is 2. The second-order valence-electron chi connectivity index (χ2n) is 2.55. The van der Waals surface area contributed by atoms with Crippen molar-refractivity contribution in [2.75, 3.05) is 7.11 Å². The third kappa shape index (κ3) is 3.47. The summed E-state index contributed by atoms with van der Waals surface area (Å²) in [5.41, 5.74) is 0.141. The number of alkyl halides is 2. The van der Waals surface area contributed by atoms with Crippen LogP contribution in [0.25, 0.3) is 0 Å². The van der Waals surface area contributed by atoms with E-state index in [4.69, 9.17) is 0 Å². The number of benzene rings is 1. The van der Waals surface area contributed by atoms with Gasteiger partial charge in [0.25, 0.3) is 0 Å². The number of methoxy groups -OCH3 is 1. The zero-order valence-corrected chi connectivity index (χ0v) is 9.25. The Kier molecular flexibility index (Phi) is 4.02. The zero-order chi connectivity index (χ0) is 11.4. The Morgan fingerprint density at radius 1 is 1.40 bits per heavy atom. The molecule has 1 aromatic rings. The minimum Gasteiger partial charge on any atom is -0.465 e. The van der Waals surface area contributed by atoms with Gasteiger partial charge in [0, 0.05) is 4.47 Å². The SMILES string of the molecule is COC(=O)c1cc(Br)cc(OC(F)F)c1. The zero-order valence-electron chi connectivity index (χ0n) is 7.67. The molecule has 82 valence electrons. The van der Waals surface area contributed by atoms with Crippen LogP contribution in [0.2, 0.25) is 0 Å². The van der Waals surface area contributed by atoms with Crippen LogP contribution in [0.1, 0.15) is 10.4 Å². The van der Waals surface area contributed by atoms with Crippen LogP contribution in [0.4, 0.5) is 8.78 Å². The Morgan fingerprint density at radius 3 is 2.60 bits per heavy atom. The largest absolute Gasteiger partial charge is 0.465 e. The second kappa shape index (κ2) is 5.06. The summed E-state index contributed by atoms with van der Waals surface area (Å²) < 4.78 is 32.9. The molecular formula is C9H7BrF2O3. The van der Waals surface area contributed by atoms with Crippen molar-refractivity contribution in [3.63, 3.8) is 0 Å². The molecule has 0 heterocycles. The van der Waals surface area contributed by atoms with Gasteiger partial charge >= 0.3 is 12.6 Å². The lowest BCUT2D eigenvalue weighted by atomic mass is 10.2. The van der Waals surface area contributed by atoms with Crippen molar-refractivity contribution in [2.24, 2.45) is 0 Å². The fourth-order valence-electron chi connectivity index (χ4n) is 0.969. The van der Waals surface area contributed by atoms with Gasteiger partial charge in [0.15, 0.2) is 0 Å². The molecule has 0 aliphatic carbocycles. The fourth-order valence-corrected chi connectivity index (χ4v) is 1.44. The van der Waals surface area contributed by atoms with Crippen molar-refractivity contribution in [3.8, 4) is 5.75 Å². The molecule has 0 aromatic heterocycles. The highest BCUT2D eigenvalue weighted by molar-refractivity contribution is 9.10. The molecule has 0 fully saturated rings. The molecule has 0 radical (unpaired) electrons. The molecule has 3 nitrogen and oxygen atoms in total. The molecule has 1 aromatic carbocycles. The van der Waals surface area contributed by atoms with Crippen LogP contribution >= 0.6 is 15.9 Å². The molecule has 0 spiro atoms. The molecule has 0 aliphatic heterocycles. The summed E-state index contributed by atoms with van der Waals surface area (Å²) in [4.78, 5) is 11.1. The average Bonchev–Trinajstić information content (AvgIpc) is 2.14. The van der Waals surface area contributed by atoms with E-state index >= 15 is 0 Å². The number of halogens is 3. The van der Waals surface area contributed by atoms with E-state index in [0.717, 1.165) is 0 Å². The summed E-state index contributed by atoms with van der Waals surface area (Å²) >= 11 is 3.07.